The van der Waals surface area contributed by atoms with Gasteiger partial charge in [0.1, 0.15) is 5.60 Å². The molecule has 2 aromatic carbocycles. The van der Waals surface area contributed by atoms with Crippen molar-refractivity contribution in [2.24, 2.45) is 0 Å². The predicted octanol–water partition coefficient (Wildman–Crippen LogP) is 4.02. The Morgan fingerprint density at radius 2 is 1.88 bits per heavy atom. The van der Waals surface area contributed by atoms with Crippen LogP contribution in [0.1, 0.15) is 54.2 Å². The number of aromatic nitrogens is 2. The van der Waals surface area contributed by atoms with Crippen LogP contribution >= 0.6 is 0 Å². The maximum Gasteiger partial charge on any atom is 0.275 e. The zero-order valence-corrected chi connectivity index (χ0v) is 24.5. The van der Waals surface area contributed by atoms with Crippen LogP contribution in [0, 0.1) is 0 Å². The highest BCUT2D eigenvalue weighted by molar-refractivity contribution is 5.98. The van der Waals surface area contributed by atoms with Crippen molar-refractivity contribution in [3.8, 4) is 11.3 Å². The molecule has 0 unspecified atom stereocenters. The van der Waals surface area contributed by atoms with E-state index in [4.69, 9.17) is 9.72 Å². The lowest BCUT2D eigenvalue weighted by molar-refractivity contribution is -0.0996. The summed E-state index contributed by atoms with van der Waals surface area (Å²) in [4.78, 5) is 23.2. The molecule has 5 rings (SSSR count). The average Bonchev–Trinajstić information content (AvgIpc) is 3.43. The van der Waals surface area contributed by atoms with Crippen molar-refractivity contribution in [2.75, 3.05) is 53.5 Å². The summed E-state index contributed by atoms with van der Waals surface area (Å²) < 4.78 is 8.12. The molecule has 2 aliphatic rings. The lowest BCUT2D eigenvalue weighted by Crippen LogP contribution is -2.54. The molecule has 8 heteroatoms. The highest BCUT2D eigenvalue weighted by Gasteiger charge is 2.42. The second kappa shape index (κ2) is 13.7. The van der Waals surface area contributed by atoms with E-state index in [1.165, 1.54) is 5.56 Å². The summed E-state index contributed by atoms with van der Waals surface area (Å²) in [5.41, 5.74) is 2.36. The number of nitrogens with zero attached hydrogens (tertiary/aromatic N) is 4. The van der Waals surface area contributed by atoms with Gasteiger partial charge in [0, 0.05) is 37.8 Å². The highest BCUT2D eigenvalue weighted by atomic mass is 16.5. The van der Waals surface area contributed by atoms with Crippen molar-refractivity contribution >= 4 is 5.91 Å². The molecule has 0 bridgehead atoms. The molecule has 0 spiro atoms. The summed E-state index contributed by atoms with van der Waals surface area (Å²) in [6.07, 6.45) is 6.92. The van der Waals surface area contributed by atoms with Gasteiger partial charge in [-0.2, -0.15) is 0 Å². The molecule has 1 aliphatic carbocycles. The molecule has 2 fully saturated rings. The molecule has 220 valence electrons. The minimum absolute atomic E-state index is 0.0367. The maximum absolute atomic E-state index is 14.3. The Labute approximate surface area is 244 Å². The third kappa shape index (κ3) is 7.07. The van der Waals surface area contributed by atoms with Crippen LogP contribution < -0.4 is 5.32 Å². The third-order valence-corrected chi connectivity index (χ3v) is 8.51. The van der Waals surface area contributed by atoms with Gasteiger partial charge >= 0.3 is 0 Å². The fourth-order valence-corrected chi connectivity index (χ4v) is 6.37. The quantitative estimate of drug-likeness (QED) is 0.346. The number of amides is 1. The summed E-state index contributed by atoms with van der Waals surface area (Å²) in [7, 11) is 4.11. The summed E-state index contributed by atoms with van der Waals surface area (Å²) in [5.74, 6) is -0.0516. The molecule has 1 saturated heterocycles. The van der Waals surface area contributed by atoms with Crippen molar-refractivity contribution in [3.05, 3.63) is 78.2 Å². The van der Waals surface area contributed by atoms with E-state index in [-0.39, 0.29) is 24.6 Å². The van der Waals surface area contributed by atoms with Crippen LogP contribution in [-0.2, 0) is 11.2 Å². The van der Waals surface area contributed by atoms with Crippen molar-refractivity contribution < 1.29 is 14.6 Å². The molecule has 8 nitrogen and oxygen atoms in total. The van der Waals surface area contributed by atoms with Gasteiger partial charge in [-0.3, -0.25) is 4.79 Å². The van der Waals surface area contributed by atoms with Gasteiger partial charge in [0.2, 0.25) is 0 Å². The van der Waals surface area contributed by atoms with E-state index in [1.54, 1.807) is 6.33 Å². The minimum atomic E-state index is -1.02. The van der Waals surface area contributed by atoms with E-state index in [9.17, 15) is 9.90 Å². The standard InChI is InChI=1S/C33H45N5O3/c1-36(2)19-11-21-41-24-33(40)17-10-9-16-29(33)38-25-35-30(31(38)27-14-7-4-8-15-27)32(39)37-20-18-34-23-28(37)22-26-12-5-3-6-13-26/h3-8,12-15,25,28-29,34,40H,9-11,16-24H2,1-2H3/t28-,29+,33+/m1/s1. The molecule has 2 heterocycles. The average molecular weight is 560 g/mol. The van der Waals surface area contributed by atoms with Crippen LogP contribution in [0.15, 0.2) is 67.0 Å². The maximum atomic E-state index is 14.3. The number of benzene rings is 2. The number of hydrogen-bond donors (Lipinski definition) is 2. The van der Waals surface area contributed by atoms with Gasteiger partial charge in [0.05, 0.1) is 24.7 Å². The number of carbonyl (C=O) groups excluding carboxylic acids is 1. The van der Waals surface area contributed by atoms with E-state index < -0.39 is 5.60 Å². The smallest absolute Gasteiger partial charge is 0.275 e. The summed E-state index contributed by atoms with van der Waals surface area (Å²) in [6.45, 7) is 3.97. The second-order valence-electron chi connectivity index (χ2n) is 11.8. The van der Waals surface area contributed by atoms with Crippen molar-refractivity contribution in [2.45, 2.75) is 56.2 Å². The largest absolute Gasteiger partial charge is 0.385 e. The number of hydrogen-bond acceptors (Lipinski definition) is 6. The van der Waals surface area contributed by atoms with Crippen LogP contribution in [-0.4, -0.2) is 95.5 Å². The fourth-order valence-electron chi connectivity index (χ4n) is 6.37. The fraction of sp³-hybridized carbons (Fsp3) is 0.515. The molecular formula is C33H45N5O3. The second-order valence-corrected chi connectivity index (χ2v) is 11.8. The number of rotatable bonds is 11. The van der Waals surface area contributed by atoms with E-state index >= 15 is 0 Å². The Balaban J connectivity index is 1.44. The first kappa shape index (κ1) is 29.5. The monoisotopic (exact) mass is 559 g/mol. The zero-order valence-electron chi connectivity index (χ0n) is 24.5. The van der Waals surface area contributed by atoms with Crippen LogP contribution in [0.4, 0.5) is 0 Å². The van der Waals surface area contributed by atoms with E-state index in [2.05, 4.69) is 41.0 Å². The van der Waals surface area contributed by atoms with Crippen molar-refractivity contribution in [3.63, 3.8) is 0 Å². The molecule has 3 atom stereocenters. The number of aliphatic hydroxyl groups is 1. The molecule has 1 amide bonds. The third-order valence-electron chi connectivity index (χ3n) is 8.51. The Hall–Kier alpha value is -3.04. The lowest BCUT2D eigenvalue weighted by Gasteiger charge is -2.41. The molecule has 1 aromatic heterocycles. The van der Waals surface area contributed by atoms with Gasteiger partial charge in [0.25, 0.3) is 5.91 Å². The molecular weight excluding hydrogens is 514 g/mol. The number of ether oxygens (including phenoxy) is 1. The van der Waals surface area contributed by atoms with E-state index in [0.717, 1.165) is 63.0 Å². The number of imidazole rings is 1. The van der Waals surface area contributed by atoms with E-state index in [1.807, 2.05) is 53.4 Å². The molecule has 0 radical (unpaired) electrons. The van der Waals surface area contributed by atoms with Gasteiger partial charge in [0.15, 0.2) is 5.69 Å². The first-order chi connectivity index (χ1) is 20.0. The topological polar surface area (TPSA) is 82.9 Å². The Bertz CT molecular complexity index is 1250. The van der Waals surface area contributed by atoms with Gasteiger partial charge in [-0.05, 0) is 51.9 Å². The molecule has 3 aromatic rings. The number of nitrogens with one attached hydrogen (secondary N) is 1. The Morgan fingerprint density at radius 3 is 2.63 bits per heavy atom. The summed E-state index contributed by atoms with van der Waals surface area (Å²) >= 11 is 0. The van der Waals surface area contributed by atoms with Crippen molar-refractivity contribution in [1.29, 1.82) is 0 Å². The molecule has 1 aliphatic heterocycles. The van der Waals surface area contributed by atoms with Crippen LogP contribution in [0.3, 0.4) is 0 Å². The zero-order chi connectivity index (χ0) is 28.7. The Kier molecular flexibility index (Phi) is 9.88. The van der Waals surface area contributed by atoms with Crippen LogP contribution in [0.2, 0.25) is 0 Å². The van der Waals surface area contributed by atoms with Gasteiger partial charge < -0.3 is 29.5 Å². The summed E-state index contributed by atoms with van der Waals surface area (Å²) in [6, 6.07) is 20.2. The summed E-state index contributed by atoms with van der Waals surface area (Å²) in [5, 5.41) is 15.5. The van der Waals surface area contributed by atoms with Crippen LogP contribution in [0.5, 0.6) is 0 Å². The van der Waals surface area contributed by atoms with E-state index in [0.29, 0.717) is 25.3 Å². The van der Waals surface area contributed by atoms with Crippen molar-refractivity contribution in [1.82, 2.24) is 24.7 Å². The normalized spacial score (nSPS) is 23.2. The van der Waals surface area contributed by atoms with Gasteiger partial charge in [-0.25, -0.2) is 4.98 Å². The Morgan fingerprint density at radius 1 is 1.12 bits per heavy atom. The molecule has 1 saturated carbocycles. The predicted molar refractivity (Wildman–Crippen MR) is 162 cm³/mol. The van der Waals surface area contributed by atoms with Gasteiger partial charge in [-0.1, -0.05) is 73.5 Å². The minimum Gasteiger partial charge on any atom is -0.385 e. The first-order valence-corrected chi connectivity index (χ1v) is 15.1. The lowest BCUT2D eigenvalue weighted by atomic mass is 9.80. The van der Waals surface area contributed by atoms with Crippen LogP contribution in [0.25, 0.3) is 11.3 Å². The first-order valence-electron chi connectivity index (χ1n) is 15.1. The van der Waals surface area contributed by atoms with Gasteiger partial charge in [-0.15, -0.1) is 0 Å². The SMILES string of the molecule is CN(C)CCCOC[C@@]1(O)CCCC[C@@H]1n1cnc(C(=O)N2CCNC[C@H]2Cc2ccccc2)c1-c1ccccc1. The number of piperazine rings is 1. The number of carbonyl (C=O) groups is 1. The molecule has 2 N–H and O–H groups in total. The molecule has 41 heavy (non-hydrogen) atoms. The highest BCUT2D eigenvalue weighted by Crippen LogP contribution is 2.41.